The van der Waals surface area contributed by atoms with Crippen LogP contribution in [-0.2, 0) is 20.1 Å². The summed E-state index contributed by atoms with van der Waals surface area (Å²) in [6.07, 6.45) is 5.00. The van der Waals surface area contributed by atoms with Crippen molar-refractivity contribution in [3.05, 3.63) is 68.9 Å². The van der Waals surface area contributed by atoms with Gasteiger partial charge in [0.15, 0.2) is 5.65 Å². The molecule has 29 heavy (non-hydrogen) atoms. The number of H-pyrrole nitrogens is 1. The zero-order valence-corrected chi connectivity index (χ0v) is 16.2. The standard InChI is InChI=1S/C20H21FN6O2/c1-3-4-8-27-19(28)16-18(25(2)20(27)29)24-17(23-16)14-10-22-26(12-14)11-13-6-5-7-15(21)9-13/h5-7,9-10,12H,3-4,8,11H2,1-2H3,(H,23,24). The first-order valence-electron chi connectivity index (χ1n) is 9.44. The molecule has 0 fully saturated rings. The van der Waals surface area contributed by atoms with Gasteiger partial charge in [0, 0.05) is 19.8 Å². The van der Waals surface area contributed by atoms with Crippen LogP contribution in [0.4, 0.5) is 4.39 Å². The Morgan fingerprint density at radius 2 is 2.07 bits per heavy atom. The Morgan fingerprint density at radius 3 is 2.83 bits per heavy atom. The van der Waals surface area contributed by atoms with E-state index in [1.54, 1.807) is 30.2 Å². The molecule has 0 radical (unpaired) electrons. The number of benzene rings is 1. The molecule has 0 saturated heterocycles. The maximum atomic E-state index is 13.4. The Hall–Kier alpha value is -3.49. The van der Waals surface area contributed by atoms with Gasteiger partial charge in [-0.25, -0.2) is 14.2 Å². The van der Waals surface area contributed by atoms with Crippen molar-refractivity contribution in [1.82, 2.24) is 28.9 Å². The monoisotopic (exact) mass is 396 g/mol. The minimum atomic E-state index is -0.379. The smallest absolute Gasteiger partial charge is 0.332 e. The summed E-state index contributed by atoms with van der Waals surface area (Å²) in [5, 5.41) is 4.29. The molecule has 0 aliphatic heterocycles. The molecule has 0 bridgehead atoms. The largest absolute Gasteiger partial charge is 0.332 e. The first kappa shape index (κ1) is 18.9. The molecule has 0 saturated carbocycles. The molecular formula is C20H21FN6O2. The summed E-state index contributed by atoms with van der Waals surface area (Å²) in [7, 11) is 1.60. The number of aromatic amines is 1. The van der Waals surface area contributed by atoms with Gasteiger partial charge in [0.05, 0.1) is 18.3 Å². The fourth-order valence-electron chi connectivity index (χ4n) is 3.29. The molecule has 0 aliphatic rings. The van der Waals surface area contributed by atoms with Crippen LogP contribution in [0.25, 0.3) is 22.6 Å². The van der Waals surface area contributed by atoms with Crippen LogP contribution in [0.3, 0.4) is 0 Å². The number of aryl methyl sites for hydroxylation is 1. The van der Waals surface area contributed by atoms with Crippen LogP contribution in [0.15, 0.2) is 46.2 Å². The van der Waals surface area contributed by atoms with Crippen molar-refractivity contribution in [2.45, 2.75) is 32.9 Å². The van der Waals surface area contributed by atoms with Gasteiger partial charge in [-0.2, -0.15) is 5.10 Å². The summed E-state index contributed by atoms with van der Waals surface area (Å²) in [6.45, 7) is 2.78. The summed E-state index contributed by atoms with van der Waals surface area (Å²) in [5.41, 5.74) is 1.30. The lowest BCUT2D eigenvalue weighted by atomic mass is 10.2. The van der Waals surface area contributed by atoms with E-state index in [0.29, 0.717) is 30.1 Å². The van der Waals surface area contributed by atoms with E-state index in [9.17, 15) is 14.0 Å². The Labute approximate surface area is 165 Å². The summed E-state index contributed by atoms with van der Waals surface area (Å²) in [6, 6.07) is 6.32. The highest BCUT2D eigenvalue weighted by Crippen LogP contribution is 2.18. The number of aromatic nitrogens is 6. The zero-order valence-electron chi connectivity index (χ0n) is 16.2. The Balaban J connectivity index is 1.71. The van der Waals surface area contributed by atoms with Crippen molar-refractivity contribution in [1.29, 1.82) is 0 Å². The fourth-order valence-corrected chi connectivity index (χ4v) is 3.29. The van der Waals surface area contributed by atoms with E-state index in [-0.39, 0.29) is 22.6 Å². The average molecular weight is 396 g/mol. The van der Waals surface area contributed by atoms with E-state index in [1.807, 2.05) is 13.0 Å². The van der Waals surface area contributed by atoms with Crippen molar-refractivity contribution in [3.63, 3.8) is 0 Å². The van der Waals surface area contributed by atoms with Gasteiger partial charge in [-0.05, 0) is 24.1 Å². The molecule has 4 aromatic rings. The second-order valence-electron chi connectivity index (χ2n) is 6.99. The van der Waals surface area contributed by atoms with Gasteiger partial charge in [-0.1, -0.05) is 25.5 Å². The third-order valence-electron chi connectivity index (χ3n) is 4.85. The maximum absolute atomic E-state index is 13.4. The highest BCUT2D eigenvalue weighted by molar-refractivity contribution is 5.75. The zero-order chi connectivity index (χ0) is 20.5. The molecule has 3 heterocycles. The fraction of sp³-hybridized carbons (Fsp3) is 0.300. The minimum Gasteiger partial charge on any atom is -0.332 e. The van der Waals surface area contributed by atoms with E-state index >= 15 is 0 Å². The number of hydrogen-bond donors (Lipinski definition) is 1. The van der Waals surface area contributed by atoms with Gasteiger partial charge in [0.1, 0.15) is 17.2 Å². The molecule has 0 amide bonds. The lowest BCUT2D eigenvalue weighted by molar-refractivity contribution is 0.566. The minimum absolute atomic E-state index is 0.288. The molecule has 150 valence electrons. The molecule has 1 N–H and O–H groups in total. The normalized spacial score (nSPS) is 11.4. The number of unbranched alkanes of at least 4 members (excludes halogenated alkanes) is 1. The average Bonchev–Trinajstić information content (AvgIpc) is 3.34. The second kappa shape index (κ2) is 7.50. The first-order valence-corrected chi connectivity index (χ1v) is 9.44. The molecule has 0 aliphatic carbocycles. The van der Waals surface area contributed by atoms with E-state index < -0.39 is 0 Å². The SMILES string of the molecule is CCCCn1c(=O)c2[nH]c(-c3cnn(Cc4cccc(F)c4)c3)nc2n(C)c1=O. The summed E-state index contributed by atoms with van der Waals surface area (Å²) < 4.78 is 17.7. The molecular weight excluding hydrogens is 375 g/mol. The molecule has 3 aromatic heterocycles. The van der Waals surface area contributed by atoms with Crippen molar-refractivity contribution >= 4 is 11.2 Å². The third kappa shape index (κ3) is 3.51. The summed E-state index contributed by atoms with van der Waals surface area (Å²) in [4.78, 5) is 32.7. The number of hydrogen-bond acceptors (Lipinski definition) is 4. The summed E-state index contributed by atoms with van der Waals surface area (Å²) >= 11 is 0. The predicted octanol–water partition coefficient (Wildman–Crippen LogP) is 2.27. The van der Waals surface area contributed by atoms with Crippen LogP contribution in [-0.4, -0.2) is 28.9 Å². The van der Waals surface area contributed by atoms with Gasteiger partial charge in [0.25, 0.3) is 5.56 Å². The van der Waals surface area contributed by atoms with E-state index in [1.165, 1.54) is 21.3 Å². The molecule has 4 rings (SSSR count). The van der Waals surface area contributed by atoms with Crippen molar-refractivity contribution in [2.24, 2.45) is 7.05 Å². The second-order valence-corrected chi connectivity index (χ2v) is 6.99. The third-order valence-corrected chi connectivity index (χ3v) is 4.85. The van der Waals surface area contributed by atoms with Crippen LogP contribution >= 0.6 is 0 Å². The Bertz CT molecular complexity index is 1300. The van der Waals surface area contributed by atoms with Gasteiger partial charge >= 0.3 is 5.69 Å². The maximum Gasteiger partial charge on any atom is 0.332 e. The lowest BCUT2D eigenvalue weighted by Gasteiger charge is -2.06. The Morgan fingerprint density at radius 1 is 1.24 bits per heavy atom. The molecule has 9 heteroatoms. The van der Waals surface area contributed by atoms with Crippen LogP contribution in [0, 0.1) is 5.82 Å². The van der Waals surface area contributed by atoms with Gasteiger partial charge in [0.2, 0.25) is 0 Å². The van der Waals surface area contributed by atoms with Crippen LogP contribution in [0.2, 0.25) is 0 Å². The Kier molecular flexibility index (Phi) is 4.87. The van der Waals surface area contributed by atoms with Gasteiger partial charge in [-0.3, -0.25) is 18.6 Å². The van der Waals surface area contributed by atoms with Crippen molar-refractivity contribution in [2.75, 3.05) is 0 Å². The predicted molar refractivity (Wildman–Crippen MR) is 107 cm³/mol. The topological polar surface area (TPSA) is 90.5 Å². The number of nitrogens with zero attached hydrogens (tertiary/aromatic N) is 5. The van der Waals surface area contributed by atoms with E-state index in [4.69, 9.17) is 0 Å². The quantitative estimate of drug-likeness (QED) is 0.541. The van der Waals surface area contributed by atoms with Crippen LogP contribution in [0.1, 0.15) is 25.3 Å². The number of rotatable bonds is 6. The number of imidazole rings is 1. The molecule has 0 atom stereocenters. The van der Waals surface area contributed by atoms with Gasteiger partial charge in [-0.15, -0.1) is 0 Å². The van der Waals surface area contributed by atoms with Crippen LogP contribution < -0.4 is 11.2 Å². The number of halogens is 1. The molecule has 1 aromatic carbocycles. The number of fused-ring (bicyclic) bond motifs is 1. The highest BCUT2D eigenvalue weighted by atomic mass is 19.1. The van der Waals surface area contributed by atoms with Crippen LogP contribution in [0.5, 0.6) is 0 Å². The summed E-state index contributed by atoms with van der Waals surface area (Å²) in [5.74, 6) is 0.151. The van der Waals surface area contributed by atoms with Crippen molar-refractivity contribution < 1.29 is 4.39 Å². The number of nitrogens with one attached hydrogen (secondary N) is 1. The molecule has 0 unspecified atom stereocenters. The van der Waals surface area contributed by atoms with Gasteiger partial charge < -0.3 is 4.98 Å². The molecule has 8 nitrogen and oxygen atoms in total. The van der Waals surface area contributed by atoms with E-state index in [0.717, 1.165) is 18.4 Å². The molecule has 0 spiro atoms. The lowest BCUT2D eigenvalue weighted by Crippen LogP contribution is -2.39. The van der Waals surface area contributed by atoms with Crippen molar-refractivity contribution in [3.8, 4) is 11.4 Å². The highest BCUT2D eigenvalue weighted by Gasteiger charge is 2.16. The van der Waals surface area contributed by atoms with E-state index in [2.05, 4.69) is 15.1 Å². The first-order chi connectivity index (χ1) is 14.0.